The molecule has 0 saturated carbocycles. The molecule has 7 heteroatoms. The summed E-state index contributed by atoms with van der Waals surface area (Å²) in [5.74, 6) is -1.08. The van der Waals surface area contributed by atoms with E-state index >= 15 is 0 Å². The molecule has 3 aromatic rings. The second kappa shape index (κ2) is 9.26. The van der Waals surface area contributed by atoms with Crippen LogP contribution in [0.25, 0.3) is 5.76 Å². The van der Waals surface area contributed by atoms with Gasteiger partial charge in [-0.25, -0.2) is 0 Å². The molecule has 1 atom stereocenters. The molecule has 1 aliphatic heterocycles. The average Bonchev–Trinajstić information content (AvgIpc) is 3.09. The normalized spacial score (nSPS) is 17.4. The first kappa shape index (κ1) is 21.0. The number of benzene rings is 1. The van der Waals surface area contributed by atoms with Crippen molar-refractivity contribution in [2.45, 2.75) is 12.6 Å². The molecule has 160 valence electrons. The van der Waals surface area contributed by atoms with Crippen LogP contribution in [0.4, 0.5) is 0 Å². The molecule has 7 nitrogen and oxygen atoms in total. The number of hydrogen-bond donors (Lipinski definition) is 1. The fourth-order valence-corrected chi connectivity index (χ4v) is 3.64. The van der Waals surface area contributed by atoms with Crippen molar-refractivity contribution in [3.63, 3.8) is 0 Å². The van der Waals surface area contributed by atoms with Gasteiger partial charge in [-0.2, -0.15) is 0 Å². The number of amides is 1. The number of aliphatic hydroxyl groups excluding tert-OH is 1. The highest BCUT2D eigenvalue weighted by atomic mass is 16.5. The Morgan fingerprint density at radius 2 is 1.78 bits per heavy atom. The minimum Gasteiger partial charge on any atom is -0.507 e. The van der Waals surface area contributed by atoms with Gasteiger partial charge in [0.25, 0.3) is 11.7 Å². The molecule has 1 aromatic carbocycles. The average molecular weight is 427 g/mol. The lowest BCUT2D eigenvalue weighted by atomic mass is 9.96. The molecule has 0 spiro atoms. The fourth-order valence-electron chi connectivity index (χ4n) is 3.64. The highest BCUT2D eigenvalue weighted by Crippen LogP contribution is 2.40. The lowest BCUT2D eigenvalue weighted by Gasteiger charge is -2.25. The largest absolute Gasteiger partial charge is 0.507 e. The first-order chi connectivity index (χ1) is 15.6. The summed E-state index contributed by atoms with van der Waals surface area (Å²) in [6, 6.07) is 13.0. The Morgan fingerprint density at radius 1 is 1.06 bits per heavy atom. The van der Waals surface area contributed by atoms with Crippen molar-refractivity contribution in [2.24, 2.45) is 0 Å². The first-order valence-electron chi connectivity index (χ1n) is 10.0. The Hall–Kier alpha value is -4.26. The highest BCUT2D eigenvalue weighted by molar-refractivity contribution is 6.46. The number of aromatic nitrogens is 2. The molecule has 0 radical (unpaired) electrons. The van der Waals surface area contributed by atoms with Crippen molar-refractivity contribution in [3.05, 3.63) is 108 Å². The number of pyridine rings is 2. The second-order valence-corrected chi connectivity index (χ2v) is 7.20. The Kier molecular flexibility index (Phi) is 6.07. The predicted octanol–water partition coefficient (Wildman–Crippen LogP) is 3.66. The quantitative estimate of drug-likeness (QED) is 0.268. The van der Waals surface area contributed by atoms with E-state index in [-0.39, 0.29) is 17.9 Å². The van der Waals surface area contributed by atoms with Gasteiger partial charge in [0.15, 0.2) is 0 Å². The van der Waals surface area contributed by atoms with Crippen LogP contribution in [0.1, 0.15) is 22.7 Å². The number of carbonyl (C=O) groups is 2. The van der Waals surface area contributed by atoms with Gasteiger partial charge in [-0.05, 0) is 47.5 Å². The molecule has 0 bridgehead atoms. The summed E-state index contributed by atoms with van der Waals surface area (Å²) in [5.41, 5.74) is 1.82. The van der Waals surface area contributed by atoms with Gasteiger partial charge < -0.3 is 14.7 Å². The van der Waals surface area contributed by atoms with Gasteiger partial charge in [0.1, 0.15) is 18.1 Å². The van der Waals surface area contributed by atoms with Crippen LogP contribution >= 0.6 is 0 Å². The molecular weight excluding hydrogens is 406 g/mol. The molecule has 32 heavy (non-hydrogen) atoms. The Balaban J connectivity index is 1.77. The number of likely N-dealkylation sites (tertiary alicyclic amines) is 1. The second-order valence-electron chi connectivity index (χ2n) is 7.20. The molecule has 1 aliphatic rings. The summed E-state index contributed by atoms with van der Waals surface area (Å²) >= 11 is 0. The van der Waals surface area contributed by atoms with E-state index in [2.05, 4.69) is 16.5 Å². The number of Topliss-reactive ketones (excluding diaryl/α,β-unsaturated/α-hetero) is 1. The Labute approximate surface area is 185 Å². The van der Waals surface area contributed by atoms with Gasteiger partial charge in [0.2, 0.25) is 0 Å². The van der Waals surface area contributed by atoms with Crippen molar-refractivity contribution in [1.82, 2.24) is 14.9 Å². The zero-order valence-corrected chi connectivity index (χ0v) is 17.2. The number of ether oxygens (including phenoxy) is 1. The number of rotatable bonds is 7. The Bertz CT molecular complexity index is 1160. The summed E-state index contributed by atoms with van der Waals surface area (Å²) in [4.78, 5) is 35.7. The predicted molar refractivity (Wildman–Crippen MR) is 118 cm³/mol. The maximum absolute atomic E-state index is 13.0. The van der Waals surface area contributed by atoms with Crippen molar-refractivity contribution >= 4 is 17.4 Å². The van der Waals surface area contributed by atoms with E-state index < -0.39 is 17.7 Å². The summed E-state index contributed by atoms with van der Waals surface area (Å²) in [7, 11) is 0. The zero-order valence-electron chi connectivity index (χ0n) is 17.2. The molecule has 1 unspecified atom stereocenters. The molecule has 2 aromatic heterocycles. The van der Waals surface area contributed by atoms with Crippen LogP contribution in [0.15, 0.2) is 91.5 Å². The lowest BCUT2D eigenvalue weighted by Crippen LogP contribution is -2.29. The molecule has 3 heterocycles. The number of carbonyl (C=O) groups excluding carboxylic acids is 2. The van der Waals surface area contributed by atoms with E-state index in [9.17, 15) is 14.7 Å². The van der Waals surface area contributed by atoms with Gasteiger partial charge in [0, 0.05) is 36.9 Å². The van der Waals surface area contributed by atoms with Crippen LogP contribution in [0.3, 0.4) is 0 Å². The third-order valence-electron chi connectivity index (χ3n) is 5.11. The minimum atomic E-state index is -0.777. The van der Waals surface area contributed by atoms with Crippen LogP contribution in [-0.4, -0.2) is 38.3 Å². The third kappa shape index (κ3) is 4.13. The van der Waals surface area contributed by atoms with Crippen molar-refractivity contribution in [2.75, 3.05) is 6.61 Å². The van der Waals surface area contributed by atoms with E-state index in [1.807, 2.05) is 6.07 Å². The molecule has 1 saturated heterocycles. The number of aliphatic hydroxyl groups is 1. The standard InChI is InChI=1S/C25H21N3O4/c1-2-13-32-20-9-7-18(8-10-20)23(29)21-22(19-6-4-12-27-15-19)28(25(31)24(21)30)16-17-5-3-11-26-14-17/h2-12,14-15,22,29H,1,13,16H2. The van der Waals surface area contributed by atoms with E-state index in [1.165, 1.54) is 4.90 Å². The first-order valence-corrected chi connectivity index (χ1v) is 10.0. The minimum absolute atomic E-state index is 0.0200. The van der Waals surface area contributed by atoms with Gasteiger partial charge in [-0.1, -0.05) is 24.8 Å². The summed E-state index contributed by atoms with van der Waals surface area (Å²) in [6.45, 7) is 4.13. The summed E-state index contributed by atoms with van der Waals surface area (Å²) in [6.07, 6.45) is 8.11. The van der Waals surface area contributed by atoms with Crippen molar-refractivity contribution in [1.29, 1.82) is 0 Å². The SMILES string of the molecule is C=CCOc1ccc(C(O)=C2C(=O)C(=O)N(Cc3cccnc3)C2c2cccnc2)cc1. The maximum atomic E-state index is 13.0. The van der Waals surface area contributed by atoms with Gasteiger partial charge in [-0.3, -0.25) is 19.6 Å². The van der Waals surface area contributed by atoms with E-state index in [1.54, 1.807) is 73.3 Å². The number of ketones is 1. The maximum Gasteiger partial charge on any atom is 0.295 e. The van der Waals surface area contributed by atoms with Crippen LogP contribution in [-0.2, 0) is 16.1 Å². The molecule has 1 fully saturated rings. The summed E-state index contributed by atoms with van der Waals surface area (Å²) < 4.78 is 5.47. The Morgan fingerprint density at radius 3 is 2.41 bits per heavy atom. The highest BCUT2D eigenvalue weighted by Gasteiger charge is 2.46. The number of nitrogens with zero attached hydrogens (tertiary/aromatic N) is 3. The molecule has 1 amide bonds. The lowest BCUT2D eigenvalue weighted by molar-refractivity contribution is -0.140. The molecule has 0 aliphatic carbocycles. The zero-order chi connectivity index (χ0) is 22.5. The van der Waals surface area contributed by atoms with Crippen LogP contribution in [0, 0.1) is 0 Å². The van der Waals surface area contributed by atoms with Gasteiger partial charge in [0.05, 0.1) is 11.6 Å². The van der Waals surface area contributed by atoms with E-state index in [4.69, 9.17) is 4.74 Å². The van der Waals surface area contributed by atoms with Gasteiger partial charge in [-0.15, -0.1) is 0 Å². The fraction of sp³-hybridized carbons (Fsp3) is 0.120. The van der Waals surface area contributed by atoms with Crippen LogP contribution in [0.2, 0.25) is 0 Å². The van der Waals surface area contributed by atoms with Crippen LogP contribution < -0.4 is 4.74 Å². The van der Waals surface area contributed by atoms with E-state index in [0.29, 0.717) is 23.5 Å². The number of hydrogen-bond acceptors (Lipinski definition) is 6. The third-order valence-corrected chi connectivity index (χ3v) is 5.11. The molecular formula is C25H21N3O4. The van der Waals surface area contributed by atoms with Crippen molar-refractivity contribution < 1.29 is 19.4 Å². The molecule has 4 rings (SSSR count). The monoisotopic (exact) mass is 427 g/mol. The summed E-state index contributed by atoms with van der Waals surface area (Å²) in [5, 5.41) is 11.1. The van der Waals surface area contributed by atoms with E-state index in [0.717, 1.165) is 5.56 Å². The van der Waals surface area contributed by atoms with Crippen molar-refractivity contribution in [3.8, 4) is 5.75 Å². The van der Waals surface area contributed by atoms with Crippen LogP contribution in [0.5, 0.6) is 5.75 Å². The topological polar surface area (TPSA) is 92.6 Å². The molecule has 1 N–H and O–H groups in total. The smallest absolute Gasteiger partial charge is 0.295 e. The van der Waals surface area contributed by atoms with Gasteiger partial charge >= 0.3 is 0 Å².